The zero-order valence-corrected chi connectivity index (χ0v) is 14.3. The molecular weight excluding hydrogens is 321 g/mol. The van der Waals surface area contributed by atoms with Gasteiger partial charge in [0.25, 0.3) is 0 Å². The lowest BCUT2D eigenvalue weighted by molar-refractivity contribution is -0.116. The Morgan fingerprint density at radius 2 is 1.92 bits per heavy atom. The van der Waals surface area contributed by atoms with Crippen LogP contribution in [0.1, 0.15) is 17.7 Å². The van der Waals surface area contributed by atoms with E-state index in [0.29, 0.717) is 24.9 Å². The van der Waals surface area contributed by atoms with Gasteiger partial charge in [0.05, 0.1) is 0 Å². The van der Waals surface area contributed by atoms with Crippen LogP contribution in [0.2, 0.25) is 0 Å². The van der Waals surface area contributed by atoms with Gasteiger partial charge in [-0.25, -0.2) is 9.37 Å². The average Bonchev–Trinajstić information content (AvgIpc) is 2.59. The highest BCUT2D eigenvalue weighted by Crippen LogP contribution is 2.04. The van der Waals surface area contributed by atoms with Crippen LogP contribution in [-0.4, -0.2) is 30.4 Å². The summed E-state index contributed by atoms with van der Waals surface area (Å²) in [5.74, 6) is 0.731. The van der Waals surface area contributed by atoms with Crippen LogP contribution < -0.4 is 16.0 Å². The summed E-state index contributed by atoms with van der Waals surface area (Å²) in [6, 6.07) is 11.7. The molecule has 0 saturated carbocycles. The number of aryl methyl sites for hydroxylation is 1. The fourth-order valence-corrected chi connectivity index (χ4v) is 2.12. The SMILES string of the molecule is CN=C(NCCC(=O)Nc1cccc(C)n1)NCc1ccc(F)cc1. The molecule has 0 aliphatic heterocycles. The van der Waals surface area contributed by atoms with E-state index in [9.17, 15) is 9.18 Å². The zero-order chi connectivity index (χ0) is 18.1. The maximum atomic E-state index is 12.9. The lowest BCUT2D eigenvalue weighted by Crippen LogP contribution is -2.38. The molecule has 1 aromatic heterocycles. The van der Waals surface area contributed by atoms with E-state index in [-0.39, 0.29) is 18.1 Å². The van der Waals surface area contributed by atoms with Crippen molar-refractivity contribution >= 4 is 17.7 Å². The van der Waals surface area contributed by atoms with Crippen molar-refractivity contribution in [3.8, 4) is 0 Å². The molecule has 1 heterocycles. The van der Waals surface area contributed by atoms with Gasteiger partial charge in [-0.15, -0.1) is 0 Å². The number of guanidine groups is 1. The van der Waals surface area contributed by atoms with E-state index in [1.807, 2.05) is 19.1 Å². The molecule has 2 aromatic rings. The van der Waals surface area contributed by atoms with Gasteiger partial charge in [-0.3, -0.25) is 9.79 Å². The second kappa shape index (κ2) is 9.36. The van der Waals surface area contributed by atoms with Gasteiger partial charge in [-0.1, -0.05) is 18.2 Å². The number of carbonyl (C=O) groups excluding carboxylic acids is 1. The Labute approximate surface area is 146 Å². The van der Waals surface area contributed by atoms with Crippen molar-refractivity contribution in [3.63, 3.8) is 0 Å². The fraction of sp³-hybridized carbons (Fsp3) is 0.278. The summed E-state index contributed by atoms with van der Waals surface area (Å²) < 4.78 is 12.9. The molecule has 0 atom stereocenters. The molecule has 6 nitrogen and oxygen atoms in total. The molecule has 0 fully saturated rings. The number of nitrogens with one attached hydrogen (secondary N) is 3. The number of aliphatic imine (C=N–C) groups is 1. The Hall–Kier alpha value is -2.96. The number of nitrogens with zero attached hydrogens (tertiary/aromatic N) is 2. The van der Waals surface area contributed by atoms with Crippen LogP contribution in [0.3, 0.4) is 0 Å². The topological polar surface area (TPSA) is 78.4 Å². The molecule has 0 aliphatic carbocycles. The van der Waals surface area contributed by atoms with Crippen molar-refractivity contribution in [2.24, 2.45) is 4.99 Å². The van der Waals surface area contributed by atoms with Gasteiger partial charge >= 0.3 is 0 Å². The average molecular weight is 343 g/mol. The highest BCUT2D eigenvalue weighted by molar-refractivity contribution is 5.90. The van der Waals surface area contributed by atoms with Crippen LogP contribution in [-0.2, 0) is 11.3 Å². The summed E-state index contributed by atoms with van der Waals surface area (Å²) >= 11 is 0. The molecule has 25 heavy (non-hydrogen) atoms. The largest absolute Gasteiger partial charge is 0.356 e. The molecule has 0 radical (unpaired) electrons. The molecule has 3 N–H and O–H groups in total. The van der Waals surface area contributed by atoms with E-state index in [2.05, 4.69) is 25.9 Å². The maximum Gasteiger partial charge on any atom is 0.227 e. The summed E-state index contributed by atoms with van der Waals surface area (Å²) in [6.45, 7) is 2.81. The van der Waals surface area contributed by atoms with E-state index in [0.717, 1.165) is 11.3 Å². The smallest absolute Gasteiger partial charge is 0.227 e. The molecule has 1 amide bonds. The predicted molar refractivity (Wildman–Crippen MR) is 96.8 cm³/mol. The zero-order valence-electron chi connectivity index (χ0n) is 14.3. The van der Waals surface area contributed by atoms with Crippen molar-refractivity contribution in [2.45, 2.75) is 19.9 Å². The number of benzene rings is 1. The summed E-state index contributed by atoms with van der Waals surface area (Å²) in [7, 11) is 1.65. The lowest BCUT2D eigenvalue weighted by Gasteiger charge is -2.12. The van der Waals surface area contributed by atoms with Gasteiger partial charge in [-0.2, -0.15) is 0 Å². The standard InChI is InChI=1S/C18H22FN5O/c1-13-4-3-5-16(23-13)24-17(25)10-11-21-18(20-2)22-12-14-6-8-15(19)9-7-14/h3-9H,10-12H2,1-2H3,(H2,20,21,22)(H,23,24,25). The number of hydrogen-bond donors (Lipinski definition) is 3. The molecule has 7 heteroatoms. The van der Waals surface area contributed by atoms with Gasteiger partial charge in [0.1, 0.15) is 11.6 Å². The van der Waals surface area contributed by atoms with Crippen molar-refractivity contribution in [3.05, 3.63) is 59.5 Å². The molecule has 0 spiro atoms. The number of amides is 1. The van der Waals surface area contributed by atoms with Gasteiger partial charge < -0.3 is 16.0 Å². The summed E-state index contributed by atoms with van der Waals surface area (Å²) in [4.78, 5) is 20.2. The second-order valence-electron chi connectivity index (χ2n) is 5.44. The number of carbonyl (C=O) groups is 1. The van der Waals surface area contributed by atoms with Crippen LogP contribution in [0.4, 0.5) is 10.2 Å². The van der Waals surface area contributed by atoms with Gasteiger partial charge in [0.2, 0.25) is 5.91 Å². The highest BCUT2D eigenvalue weighted by Gasteiger charge is 2.04. The first kappa shape index (κ1) is 18.4. The normalized spacial score (nSPS) is 11.1. The van der Waals surface area contributed by atoms with Crippen molar-refractivity contribution in [2.75, 3.05) is 18.9 Å². The van der Waals surface area contributed by atoms with Gasteiger partial charge in [0.15, 0.2) is 5.96 Å². The third kappa shape index (κ3) is 6.58. The minimum absolute atomic E-state index is 0.125. The lowest BCUT2D eigenvalue weighted by atomic mass is 10.2. The van der Waals surface area contributed by atoms with Gasteiger partial charge in [0, 0.05) is 32.3 Å². The first-order valence-electron chi connectivity index (χ1n) is 7.99. The van der Waals surface area contributed by atoms with Crippen LogP contribution in [0.25, 0.3) is 0 Å². The molecule has 0 saturated heterocycles. The third-order valence-electron chi connectivity index (χ3n) is 3.40. The molecule has 0 unspecified atom stereocenters. The Balaban J connectivity index is 1.71. The number of pyridine rings is 1. The van der Waals surface area contributed by atoms with E-state index >= 15 is 0 Å². The highest BCUT2D eigenvalue weighted by atomic mass is 19.1. The minimum atomic E-state index is -0.264. The number of aromatic nitrogens is 1. The number of rotatable bonds is 6. The summed E-state index contributed by atoms with van der Waals surface area (Å²) in [5.41, 5.74) is 1.79. The Kier molecular flexibility index (Phi) is 6.88. The first-order chi connectivity index (χ1) is 12.1. The van der Waals surface area contributed by atoms with Crippen LogP contribution in [0.5, 0.6) is 0 Å². The van der Waals surface area contributed by atoms with Crippen molar-refractivity contribution in [1.29, 1.82) is 0 Å². The molecule has 2 rings (SSSR count). The maximum absolute atomic E-state index is 12.9. The first-order valence-corrected chi connectivity index (χ1v) is 7.99. The van der Waals surface area contributed by atoms with E-state index in [1.165, 1.54) is 12.1 Å². The van der Waals surface area contributed by atoms with Crippen molar-refractivity contribution < 1.29 is 9.18 Å². The van der Waals surface area contributed by atoms with Gasteiger partial charge in [-0.05, 0) is 36.8 Å². The monoisotopic (exact) mass is 343 g/mol. The van der Waals surface area contributed by atoms with E-state index in [4.69, 9.17) is 0 Å². The van der Waals surface area contributed by atoms with E-state index < -0.39 is 0 Å². The molecular formula is C18H22FN5O. The van der Waals surface area contributed by atoms with Crippen molar-refractivity contribution in [1.82, 2.24) is 15.6 Å². The molecule has 0 aliphatic rings. The van der Waals surface area contributed by atoms with Crippen LogP contribution in [0, 0.1) is 12.7 Å². The second-order valence-corrected chi connectivity index (χ2v) is 5.44. The predicted octanol–water partition coefficient (Wildman–Crippen LogP) is 2.22. The third-order valence-corrected chi connectivity index (χ3v) is 3.40. The van der Waals surface area contributed by atoms with Crippen LogP contribution in [0.15, 0.2) is 47.5 Å². The Morgan fingerprint density at radius 3 is 2.60 bits per heavy atom. The Bertz CT molecular complexity index is 731. The summed E-state index contributed by atoms with van der Waals surface area (Å²) in [6.07, 6.45) is 0.285. The Morgan fingerprint density at radius 1 is 1.16 bits per heavy atom. The minimum Gasteiger partial charge on any atom is -0.356 e. The fourth-order valence-electron chi connectivity index (χ4n) is 2.12. The molecule has 132 valence electrons. The van der Waals surface area contributed by atoms with E-state index in [1.54, 1.807) is 25.2 Å². The quantitative estimate of drug-likeness (QED) is 0.555. The molecule has 0 bridgehead atoms. The molecule has 1 aromatic carbocycles. The number of halogens is 1. The number of hydrogen-bond acceptors (Lipinski definition) is 3. The number of anilines is 1. The summed E-state index contributed by atoms with van der Waals surface area (Å²) in [5, 5.41) is 8.92. The van der Waals surface area contributed by atoms with Crippen LogP contribution >= 0.6 is 0 Å².